The summed E-state index contributed by atoms with van der Waals surface area (Å²) in [6.07, 6.45) is 0. The molecule has 6 nitrogen and oxygen atoms in total. The summed E-state index contributed by atoms with van der Waals surface area (Å²) >= 11 is 3.68. The van der Waals surface area contributed by atoms with Crippen molar-refractivity contribution >= 4 is 145 Å². The van der Waals surface area contributed by atoms with E-state index in [4.69, 9.17) is 18.9 Å². The number of benzene rings is 12. The lowest BCUT2D eigenvalue weighted by atomic mass is 9.30. The molecule has 0 aliphatic carbocycles. The van der Waals surface area contributed by atoms with Crippen molar-refractivity contribution in [1.29, 1.82) is 0 Å². The first-order valence-electron chi connectivity index (χ1n) is 33.4. The highest BCUT2D eigenvalue weighted by Gasteiger charge is 2.51. The first kappa shape index (κ1) is 56.0. The van der Waals surface area contributed by atoms with Gasteiger partial charge in [-0.3, -0.25) is 0 Å². The van der Waals surface area contributed by atoms with Gasteiger partial charge in [0, 0.05) is 75.5 Å². The number of hydrogen-bond donors (Lipinski definition) is 0. The minimum Gasteiger partial charge on any atom is -0.458 e. The van der Waals surface area contributed by atoms with Gasteiger partial charge in [0.2, 0.25) is 0 Å². The average Bonchev–Trinajstić information content (AvgIpc) is 0.968. The topological polar surface area (TPSA) is 43.4 Å². The molecule has 0 fully saturated rings. The molecule has 0 spiro atoms. The Balaban J connectivity index is 0.916. The molecule has 2 aromatic heterocycles. The predicted octanol–water partition coefficient (Wildman–Crippen LogP) is 17.4. The molecule has 0 bridgehead atoms. The lowest BCUT2D eigenvalue weighted by Crippen LogP contribution is -2.65. The normalized spacial score (nSPS) is 13.7. The Morgan fingerprint density at radius 1 is 0.292 bits per heavy atom. The zero-order valence-electron chi connectivity index (χ0n) is 54.7. The number of nitrogens with zero attached hydrogens (tertiary/aromatic N) is 2. The standard InChI is InChI=1S/C85H61B3N2O4S2/c1-44-30-49(6)80(50(7)31-44)89-65-42-69-63(87-78-71(91-69)36-54(57-24-14-11-21-47(57)4)38-73(78)93-82-59-26-16-18-28-75(59)95-84(82)87)40-61(65)86-62-41-64-70(43-66(62)90(81-51(8)32-45(2)33-52(81)9)68-35-53(34-67(89)77(68)86)56-23-13-10-20-46(56)3)92-72-37-55(58-25-15-12-22-48(58)5)39-74-79(72)88(64)85-83(94-74)60-27-17-19-29-76(60)96-85/h10-43H,1-9H3. The monoisotopic (exact) mass is 1270 g/mol. The summed E-state index contributed by atoms with van der Waals surface area (Å²) < 4.78 is 34.7. The van der Waals surface area contributed by atoms with E-state index >= 15 is 0 Å². The van der Waals surface area contributed by atoms with Crippen molar-refractivity contribution in [1.82, 2.24) is 0 Å². The van der Waals surface area contributed by atoms with Crippen molar-refractivity contribution in [3.63, 3.8) is 0 Å². The van der Waals surface area contributed by atoms with Gasteiger partial charge in [-0.05, 0) is 223 Å². The molecule has 0 unspecified atom stereocenters. The molecule has 0 saturated carbocycles. The second-order valence-electron chi connectivity index (χ2n) is 27.5. The molecular weight excluding hydrogens is 1210 g/mol. The number of anilines is 6. The summed E-state index contributed by atoms with van der Waals surface area (Å²) in [7, 11) is 0. The van der Waals surface area contributed by atoms with Crippen molar-refractivity contribution < 1.29 is 18.9 Å². The van der Waals surface area contributed by atoms with E-state index in [1.807, 2.05) is 22.7 Å². The summed E-state index contributed by atoms with van der Waals surface area (Å²) in [5, 5.41) is 2.25. The predicted molar refractivity (Wildman–Crippen MR) is 406 cm³/mol. The zero-order valence-corrected chi connectivity index (χ0v) is 56.3. The third kappa shape index (κ3) is 7.90. The summed E-state index contributed by atoms with van der Waals surface area (Å²) in [4.78, 5) is 5.24. The highest BCUT2D eigenvalue weighted by atomic mass is 32.1. The molecular formula is C85H61B3N2O4S2. The molecule has 0 amide bonds. The number of rotatable bonds is 5. The Morgan fingerprint density at radius 2 is 0.646 bits per heavy atom. The van der Waals surface area contributed by atoms with Gasteiger partial charge in [-0.15, -0.1) is 22.7 Å². The highest BCUT2D eigenvalue weighted by molar-refractivity contribution is 7.33. The smallest absolute Gasteiger partial charge is 0.273 e. The van der Waals surface area contributed by atoms with Crippen LogP contribution >= 0.6 is 22.7 Å². The van der Waals surface area contributed by atoms with Crippen LogP contribution in [-0.2, 0) is 0 Å². The van der Waals surface area contributed by atoms with E-state index in [1.165, 1.54) is 91.0 Å². The summed E-state index contributed by atoms with van der Waals surface area (Å²) in [5.41, 5.74) is 32.4. The maximum Gasteiger partial charge on any atom is 0.273 e. The van der Waals surface area contributed by atoms with E-state index in [-0.39, 0.29) is 20.1 Å². The van der Waals surface area contributed by atoms with E-state index in [2.05, 4.69) is 278 Å². The van der Waals surface area contributed by atoms with Gasteiger partial charge < -0.3 is 28.7 Å². The molecule has 0 radical (unpaired) electrons. The quantitative estimate of drug-likeness (QED) is 0.160. The Labute approximate surface area is 567 Å². The third-order valence-electron chi connectivity index (χ3n) is 21.4. The van der Waals surface area contributed by atoms with Crippen LogP contribution < -0.4 is 76.5 Å². The fourth-order valence-electron chi connectivity index (χ4n) is 17.5. The van der Waals surface area contributed by atoms with Gasteiger partial charge >= 0.3 is 0 Å². The van der Waals surface area contributed by atoms with Gasteiger partial charge in [-0.2, -0.15) is 0 Å². The molecule has 0 atom stereocenters. The van der Waals surface area contributed by atoms with Crippen molar-refractivity contribution in [3.05, 3.63) is 256 Å². The van der Waals surface area contributed by atoms with Gasteiger partial charge in [-0.25, -0.2) is 0 Å². The van der Waals surface area contributed by atoms with Crippen LogP contribution in [0.3, 0.4) is 0 Å². The second kappa shape index (κ2) is 20.3. The summed E-state index contributed by atoms with van der Waals surface area (Å²) in [5.74, 6) is 6.82. The lowest BCUT2D eigenvalue weighted by molar-refractivity contribution is 0.468. The number of hydrogen-bond acceptors (Lipinski definition) is 8. The van der Waals surface area contributed by atoms with E-state index in [0.29, 0.717) is 0 Å². The van der Waals surface area contributed by atoms with Crippen molar-refractivity contribution in [2.24, 2.45) is 0 Å². The minimum atomic E-state index is -0.289. The molecule has 0 N–H and O–H groups in total. The third-order valence-corrected chi connectivity index (χ3v) is 23.8. The molecule has 0 saturated heterocycles. The van der Waals surface area contributed by atoms with Gasteiger partial charge in [0.25, 0.3) is 20.1 Å². The minimum absolute atomic E-state index is 0.195. The highest BCUT2D eigenvalue weighted by Crippen LogP contribution is 2.53. The molecule has 6 aliphatic heterocycles. The van der Waals surface area contributed by atoms with Gasteiger partial charge in [0.15, 0.2) is 0 Å². The summed E-state index contributed by atoms with van der Waals surface area (Å²) in [6, 6.07) is 77.1. The number of ether oxygens (including phenoxy) is 4. The first-order chi connectivity index (χ1) is 46.8. The fraction of sp³-hybridized carbons (Fsp3) is 0.106. The number of fused-ring (bicyclic) bond motifs is 16. The van der Waals surface area contributed by atoms with Gasteiger partial charge in [-0.1, -0.05) is 145 Å². The zero-order chi connectivity index (χ0) is 64.4. The molecule has 456 valence electrons. The van der Waals surface area contributed by atoms with Crippen LogP contribution in [-0.4, -0.2) is 20.1 Å². The van der Waals surface area contributed by atoms with Crippen LogP contribution in [0.4, 0.5) is 34.1 Å². The molecule has 11 heteroatoms. The van der Waals surface area contributed by atoms with Crippen LogP contribution in [0, 0.1) is 62.3 Å². The summed E-state index contributed by atoms with van der Waals surface area (Å²) in [6.45, 7) is 19.6. The molecule has 6 aliphatic rings. The average molecular weight is 1270 g/mol. The Kier molecular flexibility index (Phi) is 11.8. The van der Waals surface area contributed by atoms with E-state index in [0.717, 1.165) is 141 Å². The lowest BCUT2D eigenvalue weighted by Gasteiger charge is -2.46. The number of thiophene rings is 2. The molecule has 8 heterocycles. The van der Waals surface area contributed by atoms with Gasteiger partial charge in [0.1, 0.15) is 46.0 Å². The van der Waals surface area contributed by atoms with E-state index in [1.54, 1.807) is 0 Å². The van der Waals surface area contributed by atoms with Crippen LogP contribution in [0.5, 0.6) is 46.0 Å². The molecule has 12 aromatic carbocycles. The van der Waals surface area contributed by atoms with Gasteiger partial charge in [0.05, 0.1) is 11.4 Å². The second-order valence-corrected chi connectivity index (χ2v) is 29.7. The Bertz CT molecular complexity index is 5490. The van der Waals surface area contributed by atoms with Crippen molar-refractivity contribution in [3.8, 4) is 79.4 Å². The van der Waals surface area contributed by atoms with Crippen molar-refractivity contribution in [2.45, 2.75) is 62.3 Å². The van der Waals surface area contributed by atoms with Crippen LogP contribution in [0.1, 0.15) is 50.1 Å². The largest absolute Gasteiger partial charge is 0.458 e. The maximum absolute atomic E-state index is 7.65. The maximum atomic E-state index is 7.65. The molecule has 96 heavy (non-hydrogen) atoms. The SMILES string of the molecule is Cc1cc(C)c(N2c3cc4c(cc3B3c5cc6c(cc5N(c5c(C)cc(C)cc5C)c5cc(-c7ccccc7C)cc2c53)Oc2cc(-c3ccccc3C)cc3c2B6c2sc5ccccc5c2O3)B2c3sc5ccccc5c3Oc3cc(-c5ccccc5C)cc(c32)O4)c(C)c1. The van der Waals surface area contributed by atoms with Crippen LogP contribution in [0.15, 0.2) is 206 Å². The van der Waals surface area contributed by atoms with E-state index in [9.17, 15) is 0 Å². The van der Waals surface area contributed by atoms with Crippen LogP contribution in [0.2, 0.25) is 0 Å². The first-order valence-corrected chi connectivity index (χ1v) is 35.0. The van der Waals surface area contributed by atoms with E-state index < -0.39 is 0 Å². The van der Waals surface area contributed by atoms with Crippen LogP contribution in [0.25, 0.3) is 53.6 Å². The Morgan fingerprint density at radius 3 is 1.04 bits per heavy atom. The number of aryl methyl sites for hydroxylation is 9. The van der Waals surface area contributed by atoms with Crippen molar-refractivity contribution in [2.75, 3.05) is 9.80 Å². The molecule has 14 aromatic rings. The molecule has 20 rings (SSSR count). The Hall–Kier alpha value is -10.4. The fourth-order valence-corrected chi connectivity index (χ4v) is 20.0.